The van der Waals surface area contributed by atoms with Gasteiger partial charge < -0.3 is 18.6 Å². The van der Waals surface area contributed by atoms with Crippen molar-refractivity contribution in [1.82, 2.24) is 9.97 Å². The van der Waals surface area contributed by atoms with Crippen molar-refractivity contribution in [3.8, 4) is 11.1 Å². The smallest absolute Gasteiger partial charge is 0.192 e. The van der Waals surface area contributed by atoms with Crippen molar-refractivity contribution < 1.29 is 8.83 Å². The molecule has 0 fully saturated rings. The van der Waals surface area contributed by atoms with Crippen LogP contribution in [0.1, 0.15) is 34.0 Å². The van der Waals surface area contributed by atoms with Gasteiger partial charge in [0.15, 0.2) is 22.9 Å². The number of hydrogen-bond donors (Lipinski definition) is 0. The van der Waals surface area contributed by atoms with Gasteiger partial charge in [-0.3, -0.25) is 0 Å². The zero-order chi connectivity index (χ0) is 49.8. The van der Waals surface area contributed by atoms with E-state index < -0.39 is 5.41 Å². The molecule has 0 amide bonds. The number of hydrogen-bond acceptors (Lipinski definition) is 6. The third kappa shape index (κ3) is 6.33. The molecule has 1 aliphatic rings. The lowest BCUT2D eigenvalue weighted by atomic mass is 9.67. The van der Waals surface area contributed by atoms with Crippen molar-refractivity contribution in [3.05, 3.63) is 277 Å². The van der Waals surface area contributed by atoms with Gasteiger partial charge in [0, 0.05) is 47.1 Å². The van der Waals surface area contributed by atoms with Crippen LogP contribution in [-0.2, 0) is 5.41 Å². The summed E-state index contributed by atoms with van der Waals surface area (Å²) in [5.74, 6) is 1.13. The predicted molar refractivity (Wildman–Crippen MR) is 308 cm³/mol. The summed E-state index contributed by atoms with van der Waals surface area (Å²) >= 11 is 0. The summed E-state index contributed by atoms with van der Waals surface area (Å²) in [6.45, 7) is 3.91. The highest BCUT2D eigenvalue weighted by Crippen LogP contribution is 2.63. The Balaban J connectivity index is 1.11. The Hall–Kier alpha value is -9.78. The average molecular weight is 963 g/mol. The van der Waals surface area contributed by atoms with Crippen molar-refractivity contribution in [3.63, 3.8) is 0 Å². The molecule has 0 N–H and O–H groups in total. The van der Waals surface area contributed by atoms with Crippen LogP contribution in [0.25, 0.3) is 76.4 Å². The Morgan fingerprint density at radius 1 is 0.333 bits per heavy atom. The minimum absolute atomic E-state index is 0.564. The molecule has 0 unspecified atom stereocenters. The van der Waals surface area contributed by atoms with E-state index in [1.165, 1.54) is 21.5 Å². The lowest BCUT2D eigenvalue weighted by molar-refractivity contribution is 0.558. The number of aryl methyl sites for hydroxylation is 2. The number of fused-ring (bicyclic) bond motifs is 13. The number of anilines is 6. The molecule has 2 aromatic heterocycles. The van der Waals surface area contributed by atoms with Gasteiger partial charge in [0.25, 0.3) is 0 Å². The number of benzene rings is 12. The Morgan fingerprint density at radius 3 is 1.07 bits per heavy atom. The number of rotatable bonds is 8. The summed E-state index contributed by atoms with van der Waals surface area (Å²) in [5, 5.41) is 9.30. The molecule has 0 aliphatic heterocycles. The molecule has 6 nitrogen and oxygen atoms in total. The second kappa shape index (κ2) is 16.6. The molecular weight excluding hydrogens is 917 g/mol. The number of aromatic nitrogens is 2. The summed E-state index contributed by atoms with van der Waals surface area (Å²) in [4.78, 5) is 15.5. The van der Waals surface area contributed by atoms with Crippen LogP contribution in [0.5, 0.6) is 0 Å². The van der Waals surface area contributed by atoms with Crippen LogP contribution < -0.4 is 9.80 Å². The molecule has 6 heteroatoms. The van der Waals surface area contributed by atoms with Crippen LogP contribution in [0.15, 0.2) is 251 Å². The monoisotopic (exact) mass is 962 g/mol. The number of oxazole rings is 2. The van der Waals surface area contributed by atoms with Crippen LogP contribution in [0, 0.1) is 13.8 Å². The molecule has 2 heterocycles. The van der Waals surface area contributed by atoms with E-state index in [1.54, 1.807) is 0 Å². The minimum Gasteiger partial charge on any atom is -0.440 e. The van der Waals surface area contributed by atoms with Gasteiger partial charge in [0.2, 0.25) is 0 Å². The summed E-state index contributed by atoms with van der Waals surface area (Å²) in [7, 11) is 0. The van der Waals surface area contributed by atoms with Gasteiger partial charge in [-0.25, -0.2) is 9.97 Å². The van der Waals surface area contributed by atoms with Crippen LogP contribution in [-0.4, -0.2) is 9.97 Å². The lowest BCUT2D eigenvalue weighted by Crippen LogP contribution is -2.29. The fourth-order valence-corrected chi connectivity index (χ4v) is 12.5. The zero-order valence-corrected chi connectivity index (χ0v) is 41.2. The molecule has 354 valence electrons. The molecule has 14 aromatic rings. The van der Waals surface area contributed by atoms with E-state index in [2.05, 4.69) is 252 Å². The van der Waals surface area contributed by atoms with Crippen molar-refractivity contribution in [2.75, 3.05) is 9.80 Å². The lowest BCUT2D eigenvalue weighted by Gasteiger charge is -2.36. The van der Waals surface area contributed by atoms with Gasteiger partial charge in [0.05, 0.1) is 28.2 Å². The zero-order valence-electron chi connectivity index (χ0n) is 41.2. The minimum atomic E-state index is -0.928. The molecule has 0 spiro atoms. The van der Waals surface area contributed by atoms with Crippen molar-refractivity contribution >= 4 is 99.4 Å². The van der Waals surface area contributed by atoms with Gasteiger partial charge in [-0.05, 0) is 103 Å². The first-order chi connectivity index (χ1) is 37.0. The number of nitrogens with zero attached hydrogens (tertiary/aromatic N) is 4. The Bertz CT molecular complexity index is 4270. The molecule has 15 rings (SSSR count). The molecule has 12 aromatic carbocycles. The molecule has 0 bridgehead atoms. The molecule has 0 radical (unpaired) electrons. The third-order valence-corrected chi connectivity index (χ3v) is 15.5. The fourth-order valence-electron chi connectivity index (χ4n) is 12.5. The van der Waals surface area contributed by atoms with E-state index in [9.17, 15) is 0 Å². The summed E-state index contributed by atoms with van der Waals surface area (Å²) in [6.07, 6.45) is 0. The molecule has 0 saturated heterocycles. The highest BCUT2D eigenvalue weighted by molar-refractivity contribution is 6.20. The van der Waals surface area contributed by atoms with Crippen LogP contribution in [0.4, 0.5) is 34.1 Å². The molecule has 0 atom stereocenters. The SMILES string of the molecule is Cc1nc2c(N(c3ccccc3)c3cc4ccccc4c4ccccc34)cc3c(c2o1)-c1c(cc(N(c2ccccc2)c2cc4ccccc4c4ccccc24)c2nc(C)oc12)C3(c1ccccc1)c1ccccc1. The maximum absolute atomic E-state index is 7.10. The standard InChI is InChI=1S/C69H46N4O2/c1-43-70-65-61(72(49-29-11-5-12-30-49)59-39-45-23-15-17-33-51(45)53-35-19-21-37-55(53)59)41-57-63(67(65)74-43)64-58(69(57,47-25-7-3-8-26-47)48-27-9-4-10-28-48)42-62(66-68(64)75-44(2)71-66)73(50-31-13-6-14-32-50)60-40-46-24-16-18-34-52(46)54-36-20-22-38-56(54)60/h3-42H,1-2H3. The highest BCUT2D eigenvalue weighted by Gasteiger charge is 2.51. The van der Waals surface area contributed by atoms with Gasteiger partial charge in [-0.15, -0.1) is 0 Å². The average Bonchev–Trinajstić information content (AvgIpc) is 4.28. The van der Waals surface area contributed by atoms with E-state index in [0.29, 0.717) is 22.9 Å². The van der Waals surface area contributed by atoms with Crippen LogP contribution in [0.3, 0.4) is 0 Å². The van der Waals surface area contributed by atoms with Gasteiger partial charge in [-0.2, -0.15) is 0 Å². The molecular formula is C69H46N4O2. The summed E-state index contributed by atoms with van der Waals surface area (Å²) in [6, 6.07) is 87.5. The number of para-hydroxylation sites is 2. The first-order valence-corrected chi connectivity index (χ1v) is 25.6. The normalized spacial score (nSPS) is 12.8. The largest absolute Gasteiger partial charge is 0.440 e. The Kier molecular flexibility index (Phi) is 9.51. The van der Waals surface area contributed by atoms with E-state index in [0.717, 1.165) is 100 Å². The fraction of sp³-hybridized carbons (Fsp3) is 0.0435. The first kappa shape index (κ1) is 42.9. The van der Waals surface area contributed by atoms with Crippen LogP contribution >= 0.6 is 0 Å². The second-order valence-electron chi connectivity index (χ2n) is 19.6. The first-order valence-electron chi connectivity index (χ1n) is 25.6. The van der Waals surface area contributed by atoms with Gasteiger partial charge >= 0.3 is 0 Å². The van der Waals surface area contributed by atoms with Crippen molar-refractivity contribution in [2.24, 2.45) is 0 Å². The Morgan fingerprint density at radius 2 is 0.667 bits per heavy atom. The van der Waals surface area contributed by atoms with E-state index in [1.807, 2.05) is 13.8 Å². The summed E-state index contributed by atoms with van der Waals surface area (Å²) < 4.78 is 14.2. The maximum Gasteiger partial charge on any atom is 0.192 e. The van der Waals surface area contributed by atoms with E-state index in [4.69, 9.17) is 18.8 Å². The Labute approximate surface area is 433 Å². The highest BCUT2D eigenvalue weighted by atomic mass is 16.4. The predicted octanol–water partition coefficient (Wildman–Crippen LogP) is 18.5. The van der Waals surface area contributed by atoms with Crippen molar-refractivity contribution in [1.29, 1.82) is 0 Å². The van der Waals surface area contributed by atoms with Gasteiger partial charge in [-0.1, -0.05) is 194 Å². The quantitative estimate of drug-likeness (QED) is 0.141. The maximum atomic E-state index is 7.10. The van der Waals surface area contributed by atoms with E-state index in [-0.39, 0.29) is 0 Å². The van der Waals surface area contributed by atoms with Crippen LogP contribution in [0.2, 0.25) is 0 Å². The molecule has 1 aliphatic carbocycles. The molecule has 0 saturated carbocycles. The summed E-state index contributed by atoms with van der Waals surface area (Å²) in [5.41, 5.74) is 14.0. The van der Waals surface area contributed by atoms with Crippen molar-refractivity contribution in [2.45, 2.75) is 19.3 Å². The van der Waals surface area contributed by atoms with Gasteiger partial charge in [0.1, 0.15) is 11.0 Å². The second-order valence-corrected chi connectivity index (χ2v) is 19.6. The third-order valence-electron chi connectivity index (χ3n) is 15.5. The van der Waals surface area contributed by atoms with E-state index >= 15 is 0 Å². The topological polar surface area (TPSA) is 58.5 Å². The molecule has 75 heavy (non-hydrogen) atoms.